The molecular formula is C18H12F2N2O2S. The van der Waals surface area contributed by atoms with Crippen LogP contribution in [0.5, 0.6) is 0 Å². The predicted molar refractivity (Wildman–Crippen MR) is 93.0 cm³/mol. The molecule has 0 fully saturated rings. The summed E-state index contributed by atoms with van der Waals surface area (Å²) >= 11 is 1.32. The first-order chi connectivity index (χ1) is 12.0. The summed E-state index contributed by atoms with van der Waals surface area (Å²) in [6, 6.07) is 12.4. The van der Waals surface area contributed by atoms with E-state index in [-0.39, 0.29) is 17.2 Å². The Morgan fingerprint density at radius 1 is 0.880 bits per heavy atom. The van der Waals surface area contributed by atoms with Gasteiger partial charge >= 0.3 is 0 Å². The third-order valence-electron chi connectivity index (χ3n) is 3.33. The van der Waals surface area contributed by atoms with Crippen molar-refractivity contribution in [1.29, 1.82) is 0 Å². The summed E-state index contributed by atoms with van der Waals surface area (Å²) in [5.74, 6) is -2.20. The van der Waals surface area contributed by atoms with Crippen molar-refractivity contribution in [2.45, 2.75) is 0 Å². The zero-order chi connectivity index (χ0) is 17.8. The summed E-state index contributed by atoms with van der Waals surface area (Å²) in [5.41, 5.74) is 0.532. The molecule has 1 heterocycles. The lowest BCUT2D eigenvalue weighted by Crippen LogP contribution is -2.14. The first-order valence-corrected chi connectivity index (χ1v) is 8.12. The monoisotopic (exact) mass is 358 g/mol. The molecule has 0 spiro atoms. The molecule has 0 aliphatic rings. The number of rotatable bonds is 4. The molecule has 3 rings (SSSR count). The number of carbonyl (C=O) groups is 2. The molecule has 2 amide bonds. The molecule has 0 bridgehead atoms. The topological polar surface area (TPSA) is 58.2 Å². The second-order valence-electron chi connectivity index (χ2n) is 5.09. The van der Waals surface area contributed by atoms with Crippen molar-refractivity contribution in [3.8, 4) is 0 Å². The number of thiophene rings is 1. The molecule has 0 unspecified atom stereocenters. The van der Waals surface area contributed by atoms with Crippen molar-refractivity contribution in [2.24, 2.45) is 0 Å². The Labute approximate surface area is 146 Å². The van der Waals surface area contributed by atoms with Gasteiger partial charge in [0.05, 0.1) is 10.6 Å². The highest BCUT2D eigenvalue weighted by atomic mass is 32.1. The van der Waals surface area contributed by atoms with Gasteiger partial charge in [0.15, 0.2) is 0 Å². The van der Waals surface area contributed by atoms with Crippen LogP contribution in [0.2, 0.25) is 0 Å². The summed E-state index contributed by atoms with van der Waals surface area (Å²) < 4.78 is 26.7. The third kappa shape index (κ3) is 4.07. The Hall–Kier alpha value is -3.06. The average Bonchev–Trinajstić information content (AvgIpc) is 3.13. The van der Waals surface area contributed by atoms with Crippen molar-refractivity contribution >= 4 is 34.5 Å². The molecule has 0 aliphatic heterocycles. The van der Waals surface area contributed by atoms with E-state index in [1.54, 1.807) is 29.6 Å². The summed E-state index contributed by atoms with van der Waals surface area (Å²) in [6.45, 7) is 0. The van der Waals surface area contributed by atoms with Gasteiger partial charge in [0.25, 0.3) is 11.8 Å². The normalized spacial score (nSPS) is 10.3. The lowest BCUT2D eigenvalue weighted by atomic mass is 10.2. The minimum Gasteiger partial charge on any atom is -0.321 e. The Morgan fingerprint density at radius 2 is 1.64 bits per heavy atom. The van der Waals surface area contributed by atoms with E-state index in [4.69, 9.17) is 0 Å². The molecule has 2 aromatic carbocycles. The van der Waals surface area contributed by atoms with Crippen molar-refractivity contribution in [3.05, 3.63) is 82.1 Å². The minimum atomic E-state index is -0.727. The highest BCUT2D eigenvalue weighted by molar-refractivity contribution is 7.12. The van der Waals surface area contributed by atoms with Gasteiger partial charge in [0.2, 0.25) is 0 Å². The molecule has 0 saturated carbocycles. The van der Waals surface area contributed by atoms with Crippen LogP contribution >= 0.6 is 11.3 Å². The van der Waals surface area contributed by atoms with Gasteiger partial charge in [-0.2, -0.15) is 0 Å². The standard InChI is InChI=1S/C18H12F2N2O2S/c19-12-5-8-14(20)15(10-12)22-17(23)11-3-6-13(7-4-11)21-18(24)16-2-1-9-25-16/h1-10H,(H,21,24)(H,22,23). The predicted octanol–water partition coefficient (Wildman–Crippen LogP) is 4.53. The fourth-order valence-electron chi connectivity index (χ4n) is 2.09. The van der Waals surface area contributed by atoms with Crippen LogP contribution in [0.25, 0.3) is 0 Å². The van der Waals surface area contributed by atoms with Crippen LogP contribution in [-0.2, 0) is 0 Å². The van der Waals surface area contributed by atoms with E-state index in [0.717, 1.165) is 18.2 Å². The molecule has 0 atom stereocenters. The number of carbonyl (C=O) groups excluding carboxylic acids is 2. The van der Waals surface area contributed by atoms with Gasteiger partial charge in [-0.3, -0.25) is 9.59 Å². The Bertz CT molecular complexity index is 909. The van der Waals surface area contributed by atoms with Crippen LogP contribution in [0, 0.1) is 11.6 Å². The fraction of sp³-hybridized carbons (Fsp3) is 0. The number of anilines is 2. The quantitative estimate of drug-likeness (QED) is 0.720. The molecule has 126 valence electrons. The van der Waals surface area contributed by atoms with Crippen LogP contribution in [0.4, 0.5) is 20.2 Å². The van der Waals surface area contributed by atoms with Gasteiger partial charge in [0.1, 0.15) is 11.6 Å². The number of amides is 2. The van der Waals surface area contributed by atoms with E-state index < -0.39 is 17.5 Å². The van der Waals surface area contributed by atoms with E-state index in [2.05, 4.69) is 10.6 Å². The molecule has 0 aliphatic carbocycles. The van der Waals surface area contributed by atoms with E-state index in [1.807, 2.05) is 0 Å². The van der Waals surface area contributed by atoms with Gasteiger partial charge in [0, 0.05) is 17.3 Å². The summed E-state index contributed by atoms with van der Waals surface area (Å²) in [4.78, 5) is 24.6. The molecule has 0 saturated heterocycles. The van der Waals surface area contributed by atoms with Crippen molar-refractivity contribution in [2.75, 3.05) is 10.6 Å². The summed E-state index contributed by atoms with van der Waals surface area (Å²) in [6.07, 6.45) is 0. The van der Waals surface area contributed by atoms with E-state index in [0.29, 0.717) is 10.6 Å². The minimum absolute atomic E-state index is 0.236. The highest BCUT2D eigenvalue weighted by Gasteiger charge is 2.11. The van der Waals surface area contributed by atoms with Crippen LogP contribution in [-0.4, -0.2) is 11.8 Å². The summed E-state index contributed by atoms with van der Waals surface area (Å²) in [7, 11) is 0. The largest absolute Gasteiger partial charge is 0.321 e. The molecule has 4 nitrogen and oxygen atoms in total. The van der Waals surface area contributed by atoms with Gasteiger partial charge in [-0.15, -0.1) is 11.3 Å². The van der Waals surface area contributed by atoms with Crippen molar-refractivity contribution in [3.63, 3.8) is 0 Å². The maximum Gasteiger partial charge on any atom is 0.265 e. The number of nitrogens with one attached hydrogen (secondary N) is 2. The summed E-state index contributed by atoms with van der Waals surface area (Å²) in [5, 5.41) is 6.82. The molecule has 3 aromatic rings. The third-order valence-corrected chi connectivity index (χ3v) is 4.20. The first kappa shape index (κ1) is 16.8. The Morgan fingerprint density at radius 3 is 2.32 bits per heavy atom. The van der Waals surface area contributed by atoms with Crippen LogP contribution < -0.4 is 10.6 Å². The maximum atomic E-state index is 13.6. The van der Waals surface area contributed by atoms with Crippen molar-refractivity contribution in [1.82, 2.24) is 0 Å². The molecule has 25 heavy (non-hydrogen) atoms. The van der Waals surface area contributed by atoms with Gasteiger partial charge in [-0.05, 0) is 47.8 Å². The highest BCUT2D eigenvalue weighted by Crippen LogP contribution is 2.18. The Balaban J connectivity index is 1.68. The van der Waals surface area contributed by atoms with Crippen LogP contribution in [0.3, 0.4) is 0 Å². The number of hydrogen-bond acceptors (Lipinski definition) is 3. The maximum absolute atomic E-state index is 13.6. The molecular weight excluding hydrogens is 346 g/mol. The van der Waals surface area contributed by atoms with Crippen molar-refractivity contribution < 1.29 is 18.4 Å². The number of benzene rings is 2. The SMILES string of the molecule is O=C(Nc1cc(F)ccc1F)c1ccc(NC(=O)c2cccs2)cc1. The number of halogens is 2. The van der Waals surface area contributed by atoms with E-state index in [9.17, 15) is 18.4 Å². The first-order valence-electron chi connectivity index (χ1n) is 7.24. The van der Waals surface area contributed by atoms with Gasteiger partial charge in [-0.1, -0.05) is 6.07 Å². The lowest BCUT2D eigenvalue weighted by Gasteiger charge is -2.08. The van der Waals surface area contributed by atoms with Gasteiger partial charge in [-0.25, -0.2) is 8.78 Å². The molecule has 7 heteroatoms. The van der Waals surface area contributed by atoms with E-state index in [1.165, 1.54) is 23.5 Å². The second-order valence-corrected chi connectivity index (χ2v) is 6.03. The molecule has 2 N–H and O–H groups in total. The zero-order valence-electron chi connectivity index (χ0n) is 12.8. The van der Waals surface area contributed by atoms with Crippen LogP contribution in [0.1, 0.15) is 20.0 Å². The number of hydrogen-bond donors (Lipinski definition) is 2. The van der Waals surface area contributed by atoms with E-state index >= 15 is 0 Å². The smallest absolute Gasteiger partial charge is 0.265 e. The average molecular weight is 358 g/mol. The fourth-order valence-corrected chi connectivity index (χ4v) is 2.71. The van der Waals surface area contributed by atoms with Gasteiger partial charge < -0.3 is 10.6 Å². The van der Waals surface area contributed by atoms with Crippen LogP contribution in [0.15, 0.2) is 60.0 Å². The molecule has 1 aromatic heterocycles. The Kier molecular flexibility index (Phi) is 4.85. The second kappa shape index (κ2) is 7.23. The lowest BCUT2D eigenvalue weighted by molar-refractivity contribution is 0.102. The molecule has 0 radical (unpaired) electrons. The zero-order valence-corrected chi connectivity index (χ0v) is 13.6.